The summed E-state index contributed by atoms with van der Waals surface area (Å²) >= 11 is 6.03. The first kappa shape index (κ1) is 14.2. The van der Waals surface area contributed by atoms with Gasteiger partial charge in [-0.15, -0.1) is 0 Å². The van der Waals surface area contributed by atoms with Gasteiger partial charge in [-0.25, -0.2) is 0 Å². The molecule has 1 aromatic carbocycles. The molecule has 0 aliphatic carbocycles. The van der Waals surface area contributed by atoms with Gasteiger partial charge in [0.1, 0.15) is 0 Å². The van der Waals surface area contributed by atoms with Gasteiger partial charge >= 0.3 is 0 Å². The third-order valence-electron chi connectivity index (χ3n) is 2.42. The van der Waals surface area contributed by atoms with Crippen molar-refractivity contribution in [2.24, 2.45) is 5.92 Å². The van der Waals surface area contributed by atoms with Crippen molar-refractivity contribution in [1.29, 1.82) is 5.26 Å². The van der Waals surface area contributed by atoms with Gasteiger partial charge in [0.2, 0.25) is 0 Å². The molecule has 0 aliphatic rings. The average Bonchev–Trinajstić information content (AvgIpc) is 2.29. The molecule has 4 heteroatoms. The van der Waals surface area contributed by atoms with E-state index in [2.05, 4.69) is 13.8 Å². The van der Waals surface area contributed by atoms with E-state index in [1.54, 1.807) is 18.2 Å². The molecular weight excluding hydrogens is 254 g/mol. The third kappa shape index (κ3) is 4.89. The van der Waals surface area contributed by atoms with Gasteiger partial charge in [0.25, 0.3) is 0 Å². The lowest BCUT2D eigenvalue weighted by Crippen LogP contribution is -2.04. The number of nitrogens with zero attached hydrogens (tertiary/aromatic N) is 1. The van der Waals surface area contributed by atoms with E-state index in [-0.39, 0.29) is 0 Å². The zero-order valence-electron chi connectivity index (χ0n) is 10.1. The molecule has 17 heavy (non-hydrogen) atoms. The maximum absolute atomic E-state index is 11.8. The highest BCUT2D eigenvalue weighted by Gasteiger charge is 2.07. The first-order valence-electron chi connectivity index (χ1n) is 5.56. The Kier molecular flexibility index (Phi) is 5.67. The van der Waals surface area contributed by atoms with Crippen molar-refractivity contribution in [1.82, 2.24) is 0 Å². The third-order valence-corrected chi connectivity index (χ3v) is 4.10. The van der Waals surface area contributed by atoms with Crippen LogP contribution in [0.1, 0.15) is 31.4 Å². The highest BCUT2D eigenvalue weighted by molar-refractivity contribution is 7.84. The lowest BCUT2D eigenvalue weighted by molar-refractivity contribution is 0.619. The minimum absolute atomic E-state index is 0.470. The summed E-state index contributed by atoms with van der Waals surface area (Å²) in [6.45, 7) is 4.23. The molecule has 0 amide bonds. The van der Waals surface area contributed by atoms with Crippen LogP contribution >= 0.6 is 11.6 Å². The molecule has 0 bridgehead atoms. The van der Waals surface area contributed by atoms with Crippen LogP contribution in [0.25, 0.3) is 0 Å². The summed E-state index contributed by atoms with van der Waals surface area (Å²) in [6.07, 6.45) is 0.959. The first-order chi connectivity index (χ1) is 8.02. The van der Waals surface area contributed by atoms with E-state index < -0.39 is 10.8 Å². The van der Waals surface area contributed by atoms with E-state index in [0.29, 0.717) is 28.0 Å². The number of hydrogen-bond acceptors (Lipinski definition) is 2. The van der Waals surface area contributed by atoms with Crippen molar-refractivity contribution in [3.63, 3.8) is 0 Å². The Bertz CT molecular complexity index is 451. The summed E-state index contributed by atoms with van der Waals surface area (Å²) in [6, 6.07) is 7.14. The van der Waals surface area contributed by atoms with Crippen molar-refractivity contribution in [2.45, 2.75) is 26.0 Å². The van der Waals surface area contributed by atoms with Crippen LogP contribution in [0, 0.1) is 17.2 Å². The zero-order chi connectivity index (χ0) is 12.8. The van der Waals surface area contributed by atoms with Crippen LogP contribution in [0.2, 0.25) is 5.02 Å². The Hall–Kier alpha value is -0.850. The maximum atomic E-state index is 11.8. The molecular formula is C13H16ClNOS. The second kappa shape index (κ2) is 6.78. The van der Waals surface area contributed by atoms with Crippen molar-refractivity contribution < 1.29 is 4.21 Å². The van der Waals surface area contributed by atoms with Gasteiger partial charge < -0.3 is 0 Å². The zero-order valence-corrected chi connectivity index (χ0v) is 11.6. The summed E-state index contributed by atoms with van der Waals surface area (Å²) < 4.78 is 11.8. The fourth-order valence-corrected chi connectivity index (χ4v) is 3.15. The van der Waals surface area contributed by atoms with E-state index in [9.17, 15) is 4.21 Å². The van der Waals surface area contributed by atoms with E-state index in [1.165, 1.54) is 0 Å². The number of hydrogen-bond donors (Lipinski definition) is 0. The van der Waals surface area contributed by atoms with Gasteiger partial charge in [-0.05, 0) is 30.0 Å². The van der Waals surface area contributed by atoms with Gasteiger partial charge in [-0.2, -0.15) is 5.26 Å². The average molecular weight is 270 g/mol. The number of benzene rings is 1. The lowest BCUT2D eigenvalue weighted by Gasteiger charge is -2.06. The number of halogens is 1. The van der Waals surface area contributed by atoms with Crippen molar-refractivity contribution in [3.05, 3.63) is 34.3 Å². The smallest absolute Gasteiger partial charge is 0.0992 e. The fraction of sp³-hybridized carbons (Fsp3) is 0.462. The summed E-state index contributed by atoms with van der Waals surface area (Å²) in [7, 11) is -0.878. The van der Waals surface area contributed by atoms with Gasteiger partial charge in [0.05, 0.1) is 11.6 Å². The Morgan fingerprint density at radius 1 is 1.47 bits per heavy atom. The minimum Gasteiger partial charge on any atom is -0.259 e. The molecule has 0 radical (unpaired) electrons. The van der Waals surface area contributed by atoms with Gasteiger partial charge in [-0.3, -0.25) is 4.21 Å². The molecule has 92 valence electrons. The Balaban J connectivity index is 2.63. The van der Waals surface area contributed by atoms with Crippen LogP contribution in [0.5, 0.6) is 0 Å². The molecule has 0 spiro atoms. The molecule has 1 atom stereocenters. The summed E-state index contributed by atoms with van der Waals surface area (Å²) in [5.74, 6) is 1.74. The van der Waals surface area contributed by atoms with E-state index >= 15 is 0 Å². The molecule has 1 aromatic rings. The SMILES string of the molecule is CC(C)CCS(=O)Cc1ccc(C#N)cc1Cl. The molecule has 2 nitrogen and oxygen atoms in total. The molecule has 0 heterocycles. The molecule has 0 fully saturated rings. The van der Waals surface area contributed by atoms with Gasteiger partial charge in [0.15, 0.2) is 0 Å². The molecule has 0 saturated carbocycles. The first-order valence-corrected chi connectivity index (χ1v) is 7.43. The highest BCUT2D eigenvalue weighted by Crippen LogP contribution is 2.19. The van der Waals surface area contributed by atoms with Crippen LogP contribution in [-0.2, 0) is 16.6 Å². The molecule has 1 rings (SSSR count). The summed E-state index contributed by atoms with van der Waals surface area (Å²) in [4.78, 5) is 0. The second-order valence-corrected chi connectivity index (χ2v) is 6.37. The number of rotatable bonds is 5. The predicted molar refractivity (Wildman–Crippen MR) is 72.3 cm³/mol. The van der Waals surface area contributed by atoms with Crippen LogP contribution in [0.15, 0.2) is 18.2 Å². The topological polar surface area (TPSA) is 40.9 Å². The van der Waals surface area contributed by atoms with E-state index in [1.807, 2.05) is 6.07 Å². The monoisotopic (exact) mass is 269 g/mol. The van der Waals surface area contributed by atoms with E-state index in [4.69, 9.17) is 16.9 Å². The van der Waals surface area contributed by atoms with E-state index in [0.717, 1.165) is 12.0 Å². The maximum Gasteiger partial charge on any atom is 0.0992 e. The molecule has 0 N–H and O–H groups in total. The van der Waals surface area contributed by atoms with Gasteiger partial charge in [-0.1, -0.05) is 31.5 Å². The molecule has 1 unspecified atom stereocenters. The largest absolute Gasteiger partial charge is 0.259 e. The minimum atomic E-state index is -0.878. The van der Waals surface area contributed by atoms with Crippen molar-refractivity contribution in [2.75, 3.05) is 5.75 Å². The van der Waals surface area contributed by atoms with Crippen molar-refractivity contribution in [3.8, 4) is 6.07 Å². The summed E-state index contributed by atoms with van der Waals surface area (Å²) in [5, 5.41) is 9.24. The molecule has 0 aliphatic heterocycles. The van der Waals surface area contributed by atoms with Gasteiger partial charge in [0, 0.05) is 27.3 Å². The molecule has 0 saturated heterocycles. The standard InChI is InChI=1S/C13H16ClNOS/c1-10(2)5-6-17(16)9-12-4-3-11(8-15)7-13(12)14/h3-4,7,10H,5-6,9H2,1-2H3. The van der Waals surface area contributed by atoms with Crippen molar-refractivity contribution >= 4 is 22.4 Å². The lowest BCUT2D eigenvalue weighted by atomic mass is 10.2. The normalized spacial score (nSPS) is 12.4. The summed E-state index contributed by atoms with van der Waals surface area (Å²) in [5.41, 5.74) is 1.39. The second-order valence-electron chi connectivity index (χ2n) is 4.39. The van der Waals surface area contributed by atoms with Crippen LogP contribution < -0.4 is 0 Å². The Morgan fingerprint density at radius 3 is 2.71 bits per heavy atom. The fourth-order valence-electron chi connectivity index (χ4n) is 1.35. The highest BCUT2D eigenvalue weighted by atomic mass is 35.5. The quantitative estimate of drug-likeness (QED) is 0.821. The van der Waals surface area contributed by atoms with Crippen LogP contribution in [0.3, 0.4) is 0 Å². The van der Waals surface area contributed by atoms with Crippen LogP contribution in [-0.4, -0.2) is 9.96 Å². The number of nitriles is 1. The Labute approximate surface area is 110 Å². The predicted octanol–water partition coefficient (Wildman–Crippen LogP) is 3.51. The Morgan fingerprint density at radius 2 is 2.18 bits per heavy atom. The molecule has 0 aromatic heterocycles. The van der Waals surface area contributed by atoms with Crippen LogP contribution in [0.4, 0.5) is 0 Å².